The molecule has 0 aliphatic heterocycles. The Morgan fingerprint density at radius 3 is 2.62 bits per heavy atom. The van der Waals surface area contributed by atoms with Crippen LogP contribution in [0, 0.1) is 11.8 Å². The molecule has 1 aromatic rings. The van der Waals surface area contributed by atoms with Gasteiger partial charge >= 0.3 is 0 Å². The summed E-state index contributed by atoms with van der Waals surface area (Å²) >= 11 is 6.11. The summed E-state index contributed by atoms with van der Waals surface area (Å²) in [6.07, 6.45) is 0.380. The number of hydrogen-bond donors (Lipinski definition) is 2. The molecule has 0 heterocycles. The maximum Gasteiger partial charge on any atom is 0.253 e. The summed E-state index contributed by atoms with van der Waals surface area (Å²) in [6.45, 7) is 3.51. The molecule has 0 radical (unpaired) electrons. The van der Waals surface area contributed by atoms with Crippen LogP contribution < -0.4 is 0 Å². The number of carbonyl (C=O) groups excluding carboxylic acids is 1. The molecule has 0 spiro atoms. The van der Waals surface area contributed by atoms with Crippen molar-refractivity contribution in [3.63, 3.8) is 0 Å². The molecule has 0 aliphatic rings. The van der Waals surface area contributed by atoms with Gasteiger partial charge in [-0.15, -0.1) is 0 Å². The van der Waals surface area contributed by atoms with Crippen LogP contribution in [-0.2, 0) is 0 Å². The minimum Gasteiger partial charge on any atom is -0.395 e. The zero-order valence-electron chi connectivity index (χ0n) is 12.5. The second kappa shape index (κ2) is 7.46. The monoisotopic (exact) mass is 309 g/mol. The van der Waals surface area contributed by atoms with Crippen molar-refractivity contribution in [2.45, 2.75) is 25.9 Å². The first-order chi connectivity index (χ1) is 9.74. The van der Waals surface area contributed by atoms with Crippen LogP contribution in [0.25, 0.3) is 0 Å². The summed E-state index contributed by atoms with van der Waals surface area (Å²) in [6, 6.07) is 4.89. The lowest BCUT2D eigenvalue weighted by Crippen LogP contribution is -2.39. The number of hydrogen-bond acceptors (Lipinski definition) is 3. The van der Waals surface area contributed by atoms with Crippen LogP contribution in [0.15, 0.2) is 18.2 Å². The number of likely N-dealkylation sites (N-methyl/N-ethyl adjacent to an activating group) is 1. The van der Waals surface area contributed by atoms with Gasteiger partial charge in [-0.25, -0.2) is 0 Å². The van der Waals surface area contributed by atoms with Gasteiger partial charge in [-0.3, -0.25) is 4.79 Å². The molecular formula is C16H20ClNO3. The quantitative estimate of drug-likeness (QED) is 0.835. The fraction of sp³-hybridized carbons (Fsp3) is 0.438. The van der Waals surface area contributed by atoms with E-state index in [1.165, 1.54) is 4.90 Å². The molecule has 0 fully saturated rings. The van der Waals surface area contributed by atoms with Crippen LogP contribution in [0.2, 0.25) is 5.02 Å². The number of rotatable bonds is 4. The standard InChI is InChI=1S/C16H20ClNO3/c1-16(2,21)11-18(3)15(20)13-8-7-12(14(17)10-13)6-4-5-9-19/h7-8,10,19,21H,5,9,11H2,1-3H3. The van der Waals surface area contributed by atoms with Crippen molar-refractivity contribution in [1.29, 1.82) is 0 Å². The van der Waals surface area contributed by atoms with Gasteiger partial charge in [0.25, 0.3) is 5.91 Å². The molecule has 0 bridgehead atoms. The van der Waals surface area contributed by atoms with Crippen LogP contribution in [0.4, 0.5) is 0 Å². The molecule has 0 aromatic heterocycles. The summed E-state index contributed by atoms with van der Waals surface area (Å²) in [5.74, 6) is 5.41. The summed E-state index contributed by atoms with van der Waals surface area (Å²) in [7, 11) is 1.63. The Bertz CT molecular complexity index is 567. The summed E-state index contributed by atoms with van der Waals surface area (Å²) < 4.78 is 0. The molecule has 5 heteroatoms. The number of nitrogens with zero attached hydrogens (tertiary/aromatic N) is 1. The molecule has 0 saturated carbocycles. The lowest BCUT2D eigenvalue weighted by molar-refractivity contribution is 0.0368. The Morgan fingerprint density at radius 2 is 2.10 bits per heavy atom. The van der Waals surface area contributed by atoms with E-state index in [9.17, 15) is 9.90 Å². The van der Waals surface area contributed by atoms with Crippen molar-refractivity contribution in [1.82, 2.24) is 4.90 Å². The van der Waals surface area contributed by atoms with Gasteiger partial charge in [-0.2, -0.15) is 0 Å². The highest BCUT2D eigenvalue weighted by Gasteiger charge is 2.20. The van der Waals surface area contributed by atoms with E-state index in [0.29, 0.717) is 22.6 Å². The van der Waals surface area contributed by atoms with Gasteiger partial charge in [0.15, 0.2) is 0 Å². The smallest absolute Gasteiger partial charge is 0.253 e. The van der Waals surface area contributed by atoms with Gasteiger partial charge in [-0.1, -0.05) is 23.4 Å². The van der Waals surface area contributed by atoms with E-state index in [4.69, 9.17) is 16.7 Å². The van der Waals surface area contributed by atoms with Crippen molar-refractivity contribution < 1.29 is 15.0 Å². The Balaban J connectivity index is 2.89. The van der Waals surface area contributed by atoms with E-state index >= 15 is 0 Å². The molecule has 1 aromatic carbocycles. The Morgan fingerprint density at radius 1 is 1.43 bits per heavy atom. The van der Waals surface area contributed by atoms with E-state index in [1.807, 2.05) is 0 Å². The third-order valence-electron chi connectivity index (χ3n) is 2.65. The minimum absolute atomic E-state index is 0.00291. The third kappa shape index (κ3) is 5.76. The molecule has 114 valence electrons. The third-order valence-corrected chi connectivity index (χ3v) is 2.96. The van der Waals surface area contributed by atoms with Gasteiger partial charge in [0.1, 0.15) is 0 Å². The first-order valence-corrected chi connectivity index (χ1v) is 6.99. The number of aliphatic hydroxyl groups is 2. The number of aliphatic hydroxyl groups excluding tert-OH is 1. The van der Waals surface area contributed by atoms with Gasteiger partial charge in [-0.05, 0) is 32.0 Å². The zero-order chi connectivity index (χ0) is 16.0. The molecular weight excluding hydrogens is 290 g/mol. The Labute approximate surface area is 130 Å². The van der Waals surface area contributed by atoms with Gasteiger partial charge in [0.05, 0.1) is 17.2 Å². The lowest BCUT2D eigenvalue weighted by atomic mass is 10.1. The van der Waals surface area contributed by atoms with E-state index < -0.39 is 5.60 Å². The molecule has 1 rings (SSSR count). The highest BCUT2D eigenvalue weighted by Crippen LogP contribution is 2.18. The molecule has 0 unspecified atom stereocenters. The molecule has 2 N–H and O–H groups in total. The summed E-state index contributed by atoms with van der Waals surface area (Å²) in [5.41, 5.74) is 0.107. The predicted molar refractivity (Wildman–Crippen MR) is 83.3 cm³/mol. The first kappa shape index (κ1) is 17.5. The molecule has 1 amide bonds. The molecule has 4 nitrogen and oxygen atoms in total. The van der Waals surface area contributed by atoms with E-state index in [1.54, 1.807) is 39.1 Å². The second-order valence-corrected chi connectivity index (χ2v) is 5.85. The van der Waals surface area contributed by atoms with Gasteiger partial charge in [0, 0.05) is 31.1 Å². The average molecular weight is 310 g/mol. The van der Waals surface area contributed by atoms with Crippen LogP contribution in [0.3, 0.4) is 0 Å². The van der Waals surface area contributed by atoms with Crippen molar-refractivity contribution in [3.8, 4) is 11.8 Å². The molecule has 0 atom stereocenters. The van der Waals surface area contributed by atoms with Crippen molar-refractivity contribution in [3.05, 3.63) is 34.3 Å². The second-order valence-electron chi connectivity index (χ2n) is 5.44. The highest BCUT2D eigenvalue weighted by molar-refractivity contribution is 6.32. The first-order valence-electron chi connectivity index (χ1n) is 6.62. The van der Waals surface area contributed by atoms with E-state index in [-0.39, 0.29) is 19.1 Å². The van der Waals surface area contributed by atoms with Crippen LogP contribution >= 0.6 is 11.6 Å². The topological polar surface area (TPSA) is 60.8 Å². The number of halogens is 1. The van der Waals surface area contributed by atoms with Crippen molar-refractivity contribution >= 4 is 17.5 Å². The summed E-state index contributed by atoms with van der Waals surface area (Å²) in [5, 5.41) is 18.8. The molecule has 0 saturated heterocycles. The number of benzene rings is 1. The normalized spacial score (nSPS) is 10.8. The SMILES string of the molecule is CN(CC(C)(C)O)C(=O)c1ccc(C#CCCO)c(Cl)c1. The van der Waals surface area contributed by atoms with Crippen LogP contribution in [0.5, 0.6) is 0 Å². The maximum absolute atomic E-state index is 12.2. The Kier molecular flexibility index (Phi) is 6.22. The lowest BCUT2D eigenvalue weighted by Gasteiger charge is -2.25. The number of carbonyl (C=O) groups is 1. The Hall–Kier alpha value is -1.54. The van der Waals surface area contributed by atoms with Crippen LogP contribution in [0.1, 0.15) is 36.2 Å². The van der Waals surface area contributed by atoms with E-state index in [2.05, 4.69) is 11.8 Å². The molecule has 0 aliphatic carbocycles. The fourth-order valence-electron chi connectivity index (χ4n) is 1.84. The van der Waals surface area contributed by atoms with Crippen LogP contribution in [-0.4, -0.2) is 46.8 Å². The largest absolute Gasteiger partial charge is 0.395 e. The average Bonchev–Trinajstić information content (AvgIpc) is 2.38. The predicted octanol–water partition coefficient (Wildman–Crippen LogP) is 1.92. The number of amides is 1. The highest BCUT2D eigenvalue weighted by atomic mass is 35.5. The zero-order valence-corrected chi connectivity index (χ0v) is 13.2. The van der Waals surface area contributed by atoms with Crippen molar-refractivity contribution in [2.24, 2.45) is 0 Å². The van der Waals surface area contributed by atoms with Gasteiger partial charge < -0.3 is 15.1 Å². The maximum atomic E-state index is 12.2. The molecule has 21 heavy (non-hydrogen) atoms. The summed E-state index contributed by atoms with van der Waals surface area (Å²) in [4.78, 5) is 13.7. The van der Waals surface area contributed by atoms with E-state index in [0.717, 1.165) is 0 Å². The van der Waals surface area contributed by atoms with Gasteiger partial charge in [0.2, 0.25) is 0 Å². The minimum atomic E-state index is -0.954. The fourth-order valence-corrected chi connectivity index (χ4v) is 2.06. The van der Waals surface area contributed by atoms with Crippen molar-refractivity contribution in [2.75, 3.05) is 20.2 Å².